The summed E-state index contributed by atoms with van der Waals surface area (Å²) in [6.07, 6.45) is 0. The Morgan fingerprint density at radius 3 is 2.58 bits per heavy atom. The molecular formula is C9H10N2O. The van der Waals surface area contributed by atoms with Gasteiger partial charge >= 0.3 is 0 Å². The van der Waals surface area contributed by atoms with Gasteiger partial charge in [0.05, 0.1) is 18.4 Å². The Hall–Kier alpha value is -1.56. The van der Waals surface area contributed by atoms with Gasteiger partial charge in [-0.3, -0.25) is 0 Å². The molecule has 0 aliphatic heterocycles. The van der Waals surface area contributed by atoms with Crippen LogP contribution in [0.5, 0.6) is 5.88 Å². The molecule has 0 N–H and O–H groups in total. The molecule has 1 aromatic rings. The molecule has 0 atom stereocenters. The van der Waals surface area contributed by atoms with E-state index in [-0.39, 0.29) is 0 Å². The molecule has 0 aromatic carbocycles. The molecule has 0 amide bonds. The van der Waals surface area contributed by atoms with Gasteiger partial charge in [-0.25, -0.2) is 4.98 Å². The maximum absolute atomic E-state index is 8.73. The van der Waals surface area contributed by atoms with E-state index in [1.54, 1.807) is 20.1 Å². The van der Waals surface area contributed by atoms with Crippen molar-refractivity contribution in [2.24, 2.45) is 0 Å². The Balaban J connectivity index is 3.30. The summed E-state index contributed by atoms with van der Waals surface area (Å²) in [5.74, 6) is 0.559. The first-order valence-electron chi connectivity index (χ1n) is 3.61. The predicted octanol–water partition coefficient (Wildman–Crippen LogP) is 1.58. The van der Waals surface area contributed by atoms with Gasteiger partial charge in [0.1, 0.15) is 6.07 Å². The third-order valence-electron chi connectivity index (χ3n) is 1.69. The van der Waals surface area contributed by atoms with Crippen LogP contribution in [-0.2, 0) is 0 Å². The van der Waals surface area contributed by atoms with Crippen molar-refractivity contribution in [3.8, 4) is 11.9 Å². The molecule has 0 unspecified atom stereocenters. The lowest BCUT2D eigenvalue weighted by Gasteiger charge is -2.04. The second-order valence-corrected chi connectivity index (χ2v) is 2.55. The molecule has 0 fully saturated rings. The molecule has 1 rings (SSSR count). The Bertz CT molecular complexity index is 316. The van der Waals surface area contributed by atoms with Gasteiger partial charge in [-0.15, -0.1) is 0 Å². The second-order valence-electron chi connectivity index (χ2n) is 2.55. The highest BCUT2D eigenvalue weighted by atomic mass is 16.5. The van der Waals surface area contributed by atoms with Crippen molar-refractivity contribution in [3.05, 3.63) is 22.9 Å². The minimum absolute atomic E-state index is 0.559. The van der Waals surface area contributed by atoms with Gasteiger partial charge in [0, 0.05) is 6.07 Å². The lowest BCUT2D eigenvalue weighted by molar-refractivity contribution is 0.396. The van der Waals surface area contributed by atoms with Crippen LogP contribution in [0.4, 0.5) is 0 Å². The van der Waals surface area contributed by atoms with Crippen LogP contribution in [0.15, 0.2) is 6.07 Å². The monoisotopic (exact) mass is 162 g/mol. The number of hydrogen-bond donors (Lipinski definition) is 0. The van der Waals surface area contributed by atoms with Crippen molar-refractivity contribution in [2.45, 2.75) is 13.8 Å². The van der Waals surface area contributed by atoms with E-state index >= 15 is 0 Å². The Labute approximate surface area is 71.6 Å². The molecule has 0 aliphatic carbocycles. The van der Waals surface area contributed by atoms with E-state index in [0.717, 1.165) is 5.56 Å². The highest BCUT2D eigenvalue weighted by Gasteiger charge is 2.05. The van der Waals surface area contributed by atoms with E-state index in [1.807, 2.05) is 6.92 Å². The molecule has 3 heteroatoms. The normalized spacial score (nSPS) is 9.17. The molecule has 0 saturated heterocycles. The molecule has 3 nitrogen and oxygen atoms in total. The van der Waals surface area contributed by atoms with E-state index < -0.39 is 0 Å². The van der Waals surface area contributed by atoms with Crippen LogP contribution in [-0.4, -0.2) is 12.1 Å². The Morgan fingerprint density at radius 2 is 2.17 bits per heavy atom. The average molecular weight is 162 g/mol. The van der Waals surface area contributed by atoms with Crippen LogP contribution >= 0.6 is 0 Å². The van der Waals surface area contributed by atoms with Gasteiger partial charge in [0.25, 0.3) is 0 Å². The zero-order chi connectivity index (χ0) is 9.14. The molecule has 0 bridgehead atoms. The zero-order valence-electron chi connectivity index (χ0n) is 7.38. The minimum Gasteiger partial charge on any atom is -0.481 e. The number of aromatic nitrogens is 1. The molecule has 1 heterocycles. The van der Waals surface area contributed by atoms with E-state index in [0.29, 0.717) is 17.1 Å². The summed E-state index contributed by atoms with van der Waals surface area (Å²) in [7, 11) is 1.56. The van der Waals surface area contributed by atoms with E-state index in [1.165, 1.54) is 0 Å². The zero-order valence-corrected chi connectivity index (χ0v) is 7.38. The molecule has 0 spiro atoms. The number of aryl methyl sites for hydroxylation is 2. The molecule has 0 aliphatic rings. The van der Waals surface area contributed by atoms with Crippen LogP contribution in [0.1, 0.15) is 16.8 Å². The minimum atomic E-state index is 0.559. The quantitative estimate of drug-likeness (QED) is 0.629. The smallest absolute Gasteiger partial charge is 0.213 e. The van der Waals surface area contributed by atoms with Crippen molar-refractivity contribution in [2.75, 3.05) is 7.11 Å². The molecular weight excluding hydrogens is 152 g/mol. The number of methoxy groups -OCH3 is 1. The van der Waals surface area contributed by atoms with E-state index in [2.05, 4.69) is 11.1 Å². The maximum atomic E-state index is 8.73. The molecule has 62 valence electrons. The SMILES string of the molecule is COc1cc(C)c(C#N)c(C)n1. The largest absolute Gasteiger partial charge is 0.481 e. The number of nitriles is 1. The van der Waals surface area contributed by atoms with Crippen molar-refractivity contribution in [1.82, 2.24) is 4.98 Å². The second kappa shape index (κ2) is 3.22. The third kappa shape index (κ3) is 1.37. The Kier molecular flexibility index (Phi) is 2.29. The van der Waals surface area contributed by atoms with Crippen molar-refractivity contribution in [3.63, 3.8) is 0 Å². The number of nitrogens with zero attached hydrogens (tertiary/aromatic N) is 2. The number of pyridine rings is 1. The highest BCUT2D eigenvalue weighted by Crippen LogP contribution is 2.16. The summed E-state index contributed by atoms with van der Waals surface area (Å²) in [6.45, 7) is 3.67. The van der Waals surface area contributed by atoms with Gasteiger partial charge in [0.15, 0.2) is 0 Å². The van der Waals surface area contributed by atoms with Crippen molar-refractivity contribution < 1.29 is 4.74 Å². The highest BCUT2D eigenvalue weighted by molar-refractivity contribution is 5.42. The summed E-state index contributed by atoms with van der Waals surface area (Å²) >= 11 is 0. The van der Waals surface area contributed by atoms with Gasteiger partial charge in [-0.2, -0.15) is 5.26 Å². The van der Waals surface area contributed by atoms with Crippen LogP contribution in [0.3, 0.4) is 0 Å². The van der Waals surface area contributed by atoms with Crippen LogP contribution in [0.2, 0.25) is 0 Å². The fourth-order valence-corrected chi connectivity index (χ4v) is 1.07. The lowest BCUT2D eigenvalue weighted by Crippen LogP contribution is -1.95. The maximum Gasteiger partial charge on any atom is 0.213 e. The van der Waals surface area contributed by atoms with E-state index in [4.69, 9.17) is 10.00 Å². The predicted molar refractivity (Wildman–Crippen MR) is 45.0 cm³/mol. The Morgan fingerprint density at radius 1 is 1.50 bits per heavy atom. The molecule has 0 saturated carbocycles. The molecule has 1 aromatic heterocycles. The van der Waals surface area contributed by atoms with Crippen LogP contribution in [0, 0.1) is 25.2 Å². The van der Waals surface area contributed by atoms with Crippen molar-refractivity contribution in [1.29, 1.82) is 5.26 Å². The van der Waals surface area contributed by atoms with Gasteiger partial charge < -0.3 is 4.74 Å². The van der Waals surface area contributed by atoms with E-state index in [9.17, 15) is 0 Å². The molecule has 12 heavy (non-hydrogen) atoms. The first kappa shape index (κ1) is 8.54. The first-order chi connectivity index (χ1) is 5.69. The number of rotatable bonds is 1. The van der Waals surface area contributed by atoms with Gasteiger partial charge in [-0.05, 0) is 19.4 Å². The van der Waals surface area contributed by atoms with Crippen LogP contribution < -0.4 is 4.74 Å². The topological polar surface area (TPSA) is 45.9 Å². The summed E-state index contributed by atoms with van der Waals surface area (Å²) in [5, 5.41) is 8.73. The third-order valence-corrected chi connectivity index (χ3v) is 1.69. The fourth-order valence-electron chi connectivity index (χ4n) is 1.07. The van der Waals surface area contributed by atoms with Crippen molar-refractivity contribution >= 4 is 0 Å². The van der Waals surface area contributed by atoms with Gasteiger partial charge in [-0.1, -0.05) is 0 Å². The van der Waals surface area contributed by atoms with Gasteiger partial charge in [0.2, 0.25) is 5.88 Å². The number of ether oxygens (including phenoxy) is 1. The summed E-state index contributed by atoms with van der Waals surface area (Å²) in [4.78, 5) is 4.08. The van der Waals surface area contributed by atoms with Crippen LogP contribution in [0.25, 0.3) is 0 Å². The lowest BCUT2D eigenvalue weighted by atomic mass is 10.1. The summed E-state index contributed by atoms with van der Waals surface area (Å²) in [6, 6.07) is 3.85. The fraction of sp³-hybridized carbons (Fsp3) is 0.333. The summed E-state index contributed by atoms with van der Waals surface area (Å²) in [5.41, 5.74) is 2.26. The summed E-state index contributed by atoms with van der Waals surface area (Å²) < 4.78 is 4.95. The average Bonchev–Trinajstić information content (AvgIpc) is 2.03. The number of hydrogen-bond acceptors (Lipinski definition) is 3. The standard InChI is InChI=1S/C9H10N2O/c1-6-4-9(12-3)11-7(2)8(6)5-10/h4H,1-3H3. The first-order valence-corrected chi connectivity index (χ1v) is 3.61. The molecule has 0 radical (unpaired) electrons.